The zero-order valence-corrected chi connectivity index (χ0v) is 12.1. The first-order chi connectivity index (χ1) is 9.72. The van der Waals surface area contributed by atoms with E-state index in [9.17, 15) is 0 Å². The van der Waals surface area contributed by atoms with Crippen LogP contribution < -0.4 is 11.1 Å². The summed E-state index contributed by atoms with van der Waals surface area (Å²) in [5, 5.41) is 3.45. The summed E-state index contributed by atoms with van der Waals surface area (Å²) in [7, 11) is 0. The van der Waals surface area contributed by atoms with E-state index in [4.69, 9.17) is 5.73 Å². The van der Waals surface area contributed by atoms with Crippen molar-refractivity contribution in [3.8, 4) is 0 Å². The zero-order chi connectivity index (χ0) is 14.4. The van der Waals surface area contributed by atoms with Crippen LogP contribution in [0.15, 0.2) is 36.4 Å². The molecule has 4 heteroatoms. The molecule has 0 amide bonds. The fraction of sp³-hybridized carbons (Fsp3) is 0.375. The average Bonchev–Trinajstić information content (AvgIpc) is 2.45. The molecule has 2 aromatic rings. The van der Waals surface area contributed by atoms with Crippen LogP contribution >= 0.6 is 0 Å². The van der Waals surface area contributed by atoms with E-state index in [0.717, 1.165) is 30.9 Å². The molecule has 2 rings (SSSR count). The fourth-order valence-electron chi connectivity index (χ4n) is 2.21. The van der Waals surface area contributed by atoms with E-state index in [-0.39, 0.29) is 6.04 Å². The fourth-order valence-corrected chi connectivity index (χ4v) is 2.21. The maximum absolute atomic E-state index is 5.85. The standard InChI is InChI=1S/C16H22N4/c1-3-8-15-19-14(17)11-16(20-15)18-13(4-2)12-9-6-5-7-10-12/h5-7,9-11,13H,3-4,8H2,1-2H3,(H3,17,18,19,20). The molecule has 106 valence electrons. The van der Waals surface area contributed by atoms with Crippen molar-refractivity contribution < 1.29 is 0 Å². The molecular weight excluding hydrogens is 248 g/mol. The third-order valence-corrected chi connectivity index (χ3v) is 3.20. The molecule has 4 nitrogen and oxygen atoms in total. The van der Waals surface area contributed by atoms with Gasteiger partial charge in [0.05, 0.1) is 6.04 Å². The molecule has 0 aliphatic heterocycles. The molecule has 0 radical (unpaired) electrons. The average molecular weight is 270 g/mol. The Morgan fingerprint density at radius 3 is 2.55 bits per heavy atom. The van der Waals surface area contributed by atoms with Crippen LogP contribution in [-0.4, -0.2) is 9.97 Å². The predicted molar refractivity (Wildman–Crippen MR) is 83.5 cm³/mol. The highest BCUT2D eigenvalue weighted by atomic mass is 15.1. The highest BCUT2D eigenvalue weighted by Crippen LogP contribution is 2.22. The summed E-state index contributed by atoms with van der Waals surface area (Å²) in [6, 6.07) is 12.4. The first-order valence-electron chi connectivity index (χ1n) is 7.17. The van der Waals surface area contributed by atoms with Crippen molar-refractivity contribution in [2.75, 3.05) is 11.1 Å². The number of anilines is 2. The topological polar surface area (TPSA) is 63.8 Å². The van der Waals surface area contributed by atoms with Crippen molar-refractivity contribution in [1.82, 2.24) is 9.97 Å². The molecule has 20 heavy (non-hydrogen) atoms. The van der Waals surface area contributed by atoms with E-state index < -0.39 is 0 Å². The Bertz CT molecular complexity index is 539. The Balaban J connectivity index is 2.19. The van der Waals surface area contributed by atoms with Crippen LogP contribution in [-0.2, 0) is 6.42 Å². The highest BCUT2D eigenvalue weighted by molar-refractivity contribution is 5.46. The number of nitrogens with one attached hydrogen (secondary N) is 1. The summed E-state index contributed by atoms with van der Waals surface area (Å²) in [6.45, 7) is 4.26. The molecule has 1 aromatic heterocycles. The van der Waals surface area contributed by atoms with E-state index in [1.54, 1.807) is 6.07 Å². The van der Waals surface area contributed by atoms with Gasteiger partial charge in [-0.05, 0) is 18.4 Å². The van der Waals surface area contributed by atoms with E-state index in [2.05, 4.69) is 53.4 Å². The van der Waals surface area contributed by atoms with Gasteiger partial charge in [-0.25, -0.2) is 9.97 Å². The lowest BCUT2D eigenvalue weighted by Crippen LogP contribution is -2.12. The Labute approximate surface area is 120 Å². The SMILES string of the molecule is CCCc1nc(N)cc(NC(CC)c2ccccc2)n1. The molecular formula is C16H22N4. The maximum Gasteiger partial charge on any atom is 0.133 e. The van der Waals surface area contributed by atoms with Crippen molar-refractivity contribution >= 4 is 11.6 Å². The molecule has 1 atom stereocenters. The summed E-state index contributed by atoms with van der Waals surface area (Å²) >= 11 is 0. The summed E-state index contributed by atoms with van der Waals surface area (Å²) in [6.07, 6.45) is 2.84. The number of hydrogen-bond donors (Lipinski definition) is 2. The van der Waals surface area contributed by atoms with Gasteiger partial charge in [0, 0.05) is 12.5 Å². The second kappa shape index (κ2) is 6.89. The smallest absolute Gasteiger partial charge is 0.133 e. The van der Waals surface area contributed by atoms with E-state index >= 15 is 0 Å². The van der Waals surface area contributed by atoms with Crippen molar-refractivity contribution in [1.29, 1.82) is 0 Å². The molecule has 0 aliphatic carbocycles. The van der Waals surface area contributed by atoms with Crippen LogP contribution in [0, 0.1) is 0 Å². The van der Waals surface area contributed by atoms with Crippen LogP contribution in [0.4, 0.5) is 11.6 Å². The number of aryl methyl sites for hydroxylation is 1. The van der Waals surface area contributed by atoms with Gasteiger partial charge in [0.25, 0.3) is 0 Å². The number of nitrogen functional groups attached to an aromatic ring is 1. The molecule has 0 aliphatic rings. The quantitative estimate of drug-likeness (QED) is 0.842. The van der Waals surface area contributed by atoms with Gasteiger partial charge < -0.3 is 11.1 Å². The Kier molecular flexibility index (Phi) is 4.93. The monoisotopic (exact) mass is 270 g/mol. The van der Waals surface area contributed by atoms with Crippen LogP contribution in [0.5, 0.6) is 0 Å². The number of benzene rings is 1. The Morgan fingerprint density at radius 1 is 1.15 bits per heavy atom. The van der Waals surface area contributed by atoms with Gasteiger partial charge in [0.2, 0.25) is 0 Å². The van der Waals surface area contributed by atoms with Crippen molar-refractivity contribution in [2.45, 2.75) is 39.2 Å². The van der Waals surface area contributed by atoms with Crippen molar-refractivity contribution in [3.05, 3.63) is 47.8 Å². The van der Waals surface area contributed by atoms with Gasteiger partial charge in [-0.1, -0.05) is 44.2 Å². The number of aromatic nitrogens is 2. The van der Waals surface area contributed by atoms with Gasteiger partial charge in [-0.2, -0.15) is 0 Å². The molecule has 1 unspecified atom stereocenters. The van der Waals surface area contributed by atoms with E-state index in [0.29, 0.717) is 5.82 Å². The summed E-state index contributed by atoms with van der Waals surface area (Å²) in [5.41, 5.74) is 7.11. The first kappa shape index (κ1) is 14.3. The summed E-state index contributed by atoms with van der Waals surface area (Å²) in [4.78, 5) is 8.79. The highest BCUT2D eigenvalue weighted by Gasteiger charge is 2.10. The molecule has 0 fully saturated rings. The summed E-state index contributed by atoms with van der Waals surface area (Å²) < 4.78 is 0. The lowest BCUT2D eigenvalue weighted by molar-refractivity contribution is 0.739. The van der Waals surface area contributed by atoms with Crippen LogP contribution in [0.2, 0.25) is 0 Å². The lowest BCUT2D eigenvalue weighted by atomic mass is 10.0. The maximum atomic E-state index is 5.85. The third-order valence-electron chi connectivity index (χ3n) is 3.20. The number of nitrogens with two attached hydrogens (primary N) is 1. The normalized spacial score (nSPS) is 12.1. The van der Waals surface area contributed by atoms with Crippen LogP contribution in [0.25, 0.3) is 0 Å². The van der Waals surface area contributed by atoms with Gasteiger partial charge in [0.1, 0.15) is 17.5 Å². The van der Waals surface area contributed by atoms with Crippen LogP contribution in [0.1, 0.15) is 44.1 Å². The Morgan fingerprint density at radius 2 is 1.90 bits per heavy atom. The minimum Gasteiger partial charge on any atom is -0.384 e. The predicted octanol–water partition coefficient (Wildman–Crippen LogP) is 3.57. The van der Waals surface area contributed by atoms with Gasteiger partial charge in [-0.3, -0.25) is 0 Å². The number of nitrogens with zero attached hydrogens (tertiary/aromatic N) is 2. The number of hydrogen-bond acceptors (Lipinski definition) is 4. The zero-order valence-electron chi connectivity index (χ0n) is 12.1. The van der Waals surface area contributed by atoms with Crippen LogP contribution in [0.3, 0.4) is 0 Å². The molecule has 0 saturated heterocycles. The van der Waals surface area contributed by atoms with E-state index in [1.807, 2.05) is 6.07 Å². The van der Waals surface area contributed by atoms with E-state index in [1.165, 1.54) is 5.56 Å². The molecule has 0 saturated carbocycles. The van der Waals surface area contributed by atoms with Gasteiger partial charge in [0.15, 0.2) is 0 Å². The number of rotatable bonds is 6. The second-order valence-corrected chi connectivity index (χ2v) is 4.86. The largest absolute Gasteiger partial charge is 0.384 e. The van der Waals surface area contributed by atoms with Crippen molar-refractivity contribution in [2.24, 2.45) is 0 Å². The summed E-state index contributed by atoms with van der Waals surface area (Å²) in [5.74, 6) is 2.13. The molecule has 0 bridgehead atoms. The second-order valence-electron chi connectivity index (χ2n) is 4.86. The Hall–Kier alpha value is -2.10. The molecule has 3 N–H and O–H groups in total. The molecule has 0 spiro atoms. The minimum absolute atomic E-state index is 0.236. The molecule has 1 heterocycles. The van der Waals surface area contributed by atoms with Gasteiger partial charge in [-0.15, -0.1) is 0 Å². The molecule has 1 aromatic carbocycles. The van der Waals surface area contributed by atoms with Gasteiger partial charge >= 0.3 is 0 Å². The first-order valence-corrected chi connectivity index (χ1v) is 7.17. The lowest BCUT2D eigenvalue weighted by Gasteiger charge is -2.18. The minimum atomic E-state index is 0.236. The van der Waals surface area contributed by atoms with Crippen molar-refractivity contribution in [3.63, 3.8) is 0 Å². The third kappa shape index (κ3) is 3.70.